The lowest BCUT2D eigenvalue weighted by Gasteiger charge is -2.09. The average Bonchev–Trinajstić information content (AvgIpc) is 2.91. The number of para-hydroxylation sites is 2. The predicted molar refractivity (Wildman–Crippen MR) is 72.0 cm³/mol. The zero-order valence-electron chi connectivity index (χ0n) is 11.1. The van der Waals surface area contributed by atoms with E-state index in [0.717, 1.165) is 12.3 Å². The second-order valence-electron chi connectivity index (χ2n) is 4.46. The number of pyridine rings is 1. The van der Waals surface area contributed by atoms with Crippen LogP contribution in [0.5, 0.6) is 0 Å². The molecule has 3 aromatic rings. The minimum atomic E-state index is -0.687. The summed E-state index contributed by atoms with van der Waals surface area (Å²) in [5.74, 6) is -0.996. The average molecular weight is 286 g/mol. The normalized spacial score (nSPS) is 12.3. The summed E-state index contributed by atoms with van der Waals surface area (Å²) in [5, 5.41) is 0. The predicted octanol–water partition coefficient (Wildman–Crippen LogP) is 3.28. The highest BCUT2D eigenvalue weighted by atomic mass is 19.1. The Morgan fingerprint density at radius 3 is 2.90 bits per heavy atom. The smallest absolute Gasteiger partial charge is 0.340 e. The summed E-state index contributed by atoms with van der Waals surface area (Å²) < 4.78 is 23.7. The molecule has 2 aromatic heterocycles. The van der Waals surface area contributed by atoms with Crippen LogP contribution in [0.3, 0.4) is 0 Å². The van der Waals surface area contributed by atoms with Gasteiger partial charge in [-0.1, -0.05) is 12.1 Å². The van der Waals surface area contributed by atoms with E-state index in [1.807, 2.05) is 12.1 Å². The first-order chi connectivity index (χ1) is 10.1. The lowest BCUT2D eigenvalue weighted by Crippen LogP contribution is -2.10. The minimum Gasteiger partial charge on any atom is -0.449 e. The number of hydrogen-bond acceptors (Lipinski definition) is 5. The molecule has 0 amide bonds. The molecular formula is C15H11FN2O3. The maximum Gasteiger partial charge on any atom is 0.340 e. The first-order valence-corrected chi connectivity index (χ1v) is 6.30. The van der Waals surface area contributed by atoms with Crippen LogP contribution in [0.15, 0.2) is 47.1 Å². The first kappa shape index (κ1) is 13.2. The number of esters is 1. The van der Waals surface area contributed by atoms with Crippen LogP contribution in [0.4, 0.5) is 4.39 Å². The molecule has 0 spiro atoms. The molecule has 106 valence electrons. The van der Waals surface area contributed by atoms with E-state index in [0.29, 0.717) is 11.1 Å². The van der Waals surface area contributed by atoms with Crippen LogP contribution in [0.2, 0.25) is 0 Å². The third kappa shape index (κ3) is 2.74. The van der Waals surface area contributed by atoms with Crippen LogP contribution in [0.1, 0.15) is 29.3 Å². The number of oxazole rings is 1. The van der Waals surface area contributed by atoms with Crippen molar-refractivity contribution in [3.63, 3.8) is 0 Å². The maximum atomic E-state index is 13.0. The van der Waals surface area contributed by atoms with Crippen LogP contribution in [0, 0.1) is 5.82 Å². The standard InChI is InChI=1S/C15H11FN2O3/c1-9(14-18-12-4-2-3-5-13(12)21-14)20-15(19)10-6-11(16)8-17-7-10/h2-9H,1H3. The first-order valence-electron chi connectivity index (χ1n) is 6.30. The van der Waals surface area contributed by atoms with Crippen molar-refractivity contribution in [1.29, 1.82) is 0 Å². The van der Waals surface area contributed by atoms with Crippen molar-refractivity contribution < 1.29 is 18.3 Å². The van der Waals surface area contributed by atoms with Crippen molar-refractivity contribution in [2.45, 2.75) is 13.0 Å². The number of fused-ring (bicyclic) bond motifs is 1. The van der Waals surface area contributed by atoms with E-state index in [2.05, 4.69) is 9.97 Å². The lowest BCUT2D eigenvalue weighted by molar-refractivity contribution is 0.0281. The SMILES string of the molecule is CC(OC(=O)c1cncc(F)c1)c1nc2ccccc2o1. The van der Waals surface area contributed by atoms with Crippen molar-refractivity contribution in [3.8, 4) is 0 Å². The zero-order valence-corrected chi connectivity index (χ0v) is 11.1. The Morgan fingerprint density at radius 2 is 2.14 bits per heavy atom. The second kappa shape index (κ2) is 5.32. The largest absolute Gasteiger partial charge is 0.449 e. The van der Waals surface area contributed by atoms with E-state index < -0.39 is 17.9 Å². The number of rotatable bonds is 3. The van der Waals surface area contributed by atoms with E-state index in [-0.39, 0.29) is 11.5 Å². The zero-order chi connectivity index (χ0) is 14.8. The molecule has 0 N–H and O–H groups in total. The molecule has 2 heterocycles. The Bertz CT molecular complexity index is 767. The van der Waals surface area contributed by atoms with E-state index in [1.54, 1.807) is 19.1 Å². The van der Waals surface area contributed by atoms with Crippen molar-refractivity contribution in [2.75, 3.05) is 0 Å². The molecule has 3 rings (SSSR count). The van der Waals surface area contributed by atoms with Crippen LogP contribution in [0.25, 0.3) is 11.1 Å². The molecule has 0 saturated carbocycles. The fourth-order valence-corrected chi connectivity index (χ4v) is 1.87. The maximum absolute atomic E-state index is 13.0. The van der Waals surface area contributed by atoms with E-state index in [4.69, 9.17) is 9.15 Å². The Labute approximate surface area is 119 Å². The van der Waals surface area contributed by atoms with Gasteiger partial charge < -0.3 is 9.15 Å². The third-order valence-corrected chi connectivity index (χ3v) is 2.88. The van der Waals surface area contributed by atoms with Crippen LogP contribution < -0.4 is 0 Å². The summed E-state index contributed by atoms with van der Waals surface area (Å²) in [6.45, 7) is 1.63. The highest BCUT2D eigenvalue weighted by Crippen LogP contribution is 2.22. The summed E-state index contributed by atoms with van der Waals surface area (Å²) in [6, 6.07) is 8.30. The molecule has 0 radical (unpaired) electrons. The monoisotopic (exact) mass is 286 g/mol. The molecule has 1 unspecified atom stereocenters. The minimum absolute atomic E-state index is 0.0398. The Kier molecular flexibility index (Phi) is 3.35. The van der Waals surface area contributed by atoms with Crippen molar-refractivity contribution in [2.24, 2.45) is 0 Å². The number of aromatic nitrogens is 2. The lowest BCUT2D eigenvalue weighted by atomic mass is 10.3. The van der Waals surface area contributed by atoms with Gasteiger partial charge >= 0.3 is 5.97 Å². The molecule has 0 aliphatic heterocycles. The number of ether oxygens (including phenoxy) is 1. The van der Waals surface area contributed by atoms with Gasteiger partial charge in [0.05, 0.1) is 11.8 Å². The number of hydrogen-bond donors (Lipinski definition) is 0. The fraction of sp³-hybridized carbons (Fsp3) is 0.133. The quantitative estimate of drug-likeness (QED) is 0.691. The fourth-order valence-electron chi connectivity index (χ4n) is 1.87. The Balaban J connectivity index is 1.79. The number of nitrogens with zero attached hydrogens (tertiary/aromatic N) is 2. The van der Waals surface area contributed by atoms with Crippen LogP contribution >= 0.6 is 0 Å². The molecule has 21 heavy (non-hydrogen) atoms. The summed E-state index contributed by atoms with van der Waals surface area (Å²) in [5.41, 5.74) is 1.34. The van der Waals surface area contributed by atoms with E-state index >= 15 is 0 Å². The van der Waals surface area contributed by atoms with Crippen molar-refractivity contribution in [1.82, 2.24) is 9.97 Å². The van der Waals surface area contributed by atoms with Crippen molar-refractivity contribution >= 4 is 17.1 Å². The molecule has 1 atom stereocenters. The Morgan fingerprint density at radius 1 is 1.33 bits per heavy atom. The highest BCUT2D eigenvalue weighted by molar-refractivity contribution is 5.89. The molecule has 0 bridgehead atoms. The summed E-state index contributed by atoms with van der Waals surface area (Å²) in [6.07, 6.45) is 1.57. The number of carbonyl (C=O) groups is 1. The van der Waals surface area contributed by atoms with Gasteiger partial charge in [0.15, 0.2) is 11.7 Å². The number of benzene rings is 1. The van der Waals surface area contributed by atoms with Gasteiger partial charge in [-0.25, -0.2) is 14.2 Å². The molecule has 1 aromatic carbocycles. The molecule has 5 nitrogen and oxygen atoms in total. The molecule has 0 aliphatic rings. The topological polar surface area (TPSA) is 65.2 Å². The summed E-state index contributed by atoms with van der Waals surface area (Å²) in [4.78, 5) is 19.7. The second-order valence-corrected chi connectivity index (χ2v) is 4.46. The Hall–Kier alpha value is -2.76. The van der Waals surface area contributed by atoms with Gasteiger partial charge in [-0.15, -0.1) is 0 Å². The number of carbonyl (C=O) groups excluding carboxylic acids is 1. The molecule has 0 fully saturated rings. The number of halogens is 1. The van der Waals surface area contributed by atoms with Gasteiger partial charge in [0.1, 0.15) is 11.3 Å². The van der Waals surface area contributed by atoms with Gasteiger partial charge in [-0.05, 0) is 25.1 Å². The van der Waals surface area contributed by atoms with Gasteiger partial charge in [-0.3, -0.25) is 4.98 Å². The van der Waals surface area contributed by atoms with Gasteiger partial charge in [0.2, 0.25) is 5.89 Å². The van der Waals surface area contributed by atoms with E-state index in [9.17, 15) is 9.18 Å². The summed E-state index contributed by atoms with van der Waals surface area (Å²) in [7, 11) is 0. The van der Waals surface area contributed by atoms with Gasteiger partial charge in [-0.2, -0.15) is 0 Å². The van der Waals surface area contributed by atoms with Gasteiger partial charge in [0.25, 0.3) is 0 Å². The molecule has 6 heteroatoms. The third-order valence-electron chi connectivity index (χ3n) is 2.88. The van der Waals surface area contributed by atoms with Crippen LogP contribution in [-0.2, 0) is 4.74 Å². The van der Waals surface area contributed by atoms with Crippen LogP contribution in [-0.4, -0.2) is 15.9 Å². The molecule has 0 aliphatic carbocycles. The molecular weight excluding hydrogens is 275 g/mol. The van der Waals surface area contributed by atoms with Gasteiger partial charge in [0, 0.05) is 6.20 Å². The van der Waals surface area contributed by atoms with E-state index in [1.165, 1.54) is 6.20 Å². The summed E-state index contributed by atoms with van der Waals surface area (Å²) >= 11 is 0. The highest BCUT2D eigenvalue weighted by Gasteiger charge is 2.19. The van der Waals surface area contributed by atoms with Crippen molar-refractivity contribution in [3.05, 3.63) is 60.0 Å². The molecule has 0 saturated heterocycles.